The second-order valence-electron chi connectivity index (χ2n) is 4.38. The van der Waals surface area contributed by atoms with E-state index >= 15 is 0 Å². The van der Waals surface area contributed by atoms with Gasteiger partial charge in [-0.3, -0.25) is 9.59 Å². The lowest BCUT2D eigenvalue weighted by molar-refractivity contribution is -0.137. The summed E-state index contributed by atoms with van der Waals surface area (Å²) in [4.78, 5) is 22.7. The standard InChI is InChI=1S/C13H18ClNO3S/c1-9-8-19-12(11(9)14)13(18)15-7-5-3-2-4-6-10(16)17/h8H,2-7H2,1H3,(H,15,18)(H,16,17). The SMILES string of the molecule is Cc1csc(C(=O)NCCCCCCC(=O)O)c1Cl. The highest BCUT2D eigenvalue weighted by atomic mass is 35.5. The molecule has 0 aliphatic rings. The van der Waals surface area contributed by atoms with Crippen molar-refractivity contribution in [3.63, 3.8) is 0 Å². The number of carbonyl (C=O) groups is 2. The number of unbranched alkanes of at least 4 members (excludes halogenated alkanes) is 3. The fraction of sp³-hybridized carbons (Fsp3) is 0.538. The molecule has 0 unspecified atom stereocenters. The minimum absolute atomic E-state index is 0.131. The smallest absolute Gasteiger partial charge is 0.303 e. The topological polar surface area (TPSA) is 66.4 Å². The summed E-state index contributed by atoms with van der Waals surface area (Å²) >= 11 is 7.36. The molecule has 1 amide bonds. The molecular weight excluding hydrogens is 286 g/mol. The zero-order valence-corrected chi connectivity index (χ0v) is 12.4. The van der Waals surface area contributed by atoms with Crippen molar-refractivity contribution in [2.45, 2.75) is 39.0 Å². The third-order valence-electron chi connectivity index (χ3n) is 2.71. The number of aryl methyl sites for hydroxylation is 1. The van der Waals surface area contributed by atoms with Crippen LogP contribution in [0.2, 0.25) is 5.02 Å². The van der Waals surface area contributed by atoms with E-state index in [1.165, 1.54) is 11.3 Å². The van der Waals surface area contributed by atoms with E-state index in [-0.39, 0.29) is 12.3 Å². The van der Waals surface area contributed by atoms with Gasteiger partial charge >= 0.3 is 5.97 Å². The number of rotatable bonds is 8. The second kappa shape index (κ2) is 8.17. The maximum Gasteiger partial charge on any atom is 0.303 e. The Balaban J connectivity index is 2.14. The average molecular weight is 304 g/mol. The van der Waals surface area contributed by atoms with Gasteiger partial charge in [0.2, 0.25) is 0 Å². The van der Waals surface area contributed by atoms with Crippen molar-refractivity contribution in [2.75, 3.05) is 6.54 Å². The van der Waals surface area contributed by atoms with Crippen molar-refractivity contribution < 1.29 is 14.7 Å². The summed E-state index contributed by atoms with van der Waals surface area (Å²) in [5.74, 6) is -0.885. The first-order chi connectivity index (χ1) is 9.02. The number of hydrogen-bond donors (Lipinski definition) is 2. The van der Waals surface area contributed by atoms with Gasteiger partial charge in [0, 0.05) is 13.0 Å². The largest absolute Gasteiger partial charge is 0.481 e. The molecule has 0 saturated carbocycles. The summed E-state index contributed by atoms with van der Waals surface area (Å²) in [6.45, 7) is 2.47. The van der Waals surface area contributed by atoms with Gasteiger partial charge in [-0.05, 0) is 30.7 Å². The van der Waals surface area contributed by atoms with Gasteiger partial charge in [-0.25, -0.2) is 0 Å². The van der Waals surface area contributed by atoms with Gasteiger partial charge in [0.25, 0.3) is 5.91 Å². The lowest BCUT2D eigenvalue weighted by atomic mass is 10.1. The Morgan fingerprint density at radius 3 is 2.58 bits per heavy atom. The summed E-state index contributed by atoms with van der Waals surface area (Å²) in [7, 11) is 0. The molecule has 106 valence electrons. The molecule has 1 aromatic rings. The van der Waals surface area contributed by atoms with Gasteiger partial charge < -0.3 is 10.4 Å². The molecule has 0 aliphatic heterocycles. The van der Waals surface area contributed by atoms with Gasteiger partial charge in [0.05, 0.1) is 5.02 Å². The third-order valence-corrected chi connectivity index (χ3v) is 4.40. The van der Waals surface area contributed by atoms with Gasteiger partial charge in [-0.1, -0.05) is 24.4 Å². The van der Waals surface area contributed by atoms with E-state index in [0.29, 0.717) is 22.9 Å². The fourth-order valence-electron chi connectivity index (χ4n) is 1.62. The lowest BCUT2D eigenvalue weighted by Gasteiger charge is -2.04. The van der Waals surface area contributed by atoms with Crippen LogP contribution in [0.4, 0.5) is 0 Å². The van der Waals surface area contributed by atoms with Crippen molar-refractivity contribution in [1.29, 1.82) is 0 Å². The molecule has 1 rings (SSSR count). The molecule has 2 N–H and O–H groups in total. The van der Waals surface area contributed by atoms with Crippen molar-refractivity contribution in [3.8, 4) is 0 Å². The Bertz CT molecular complexity index is 445. The number of carboxylic acids is 1. The molecule has 0 radical (unpaired) electrons. The van der Waals surface area contributed by atoms with Crippen LogP contribution in [0.3, 0.4) is 0 Å². The molecule has 0 atom stereocenters. The number of hydrogen-bond acceptors (Lipinski definition) is 3. The number of aliphatic carboxylic acids is 1. The van der Waals surface area contributed by atoms with Gasteiger partial charge in [-0.2, -0.15) is 0 Å². The van der Waals surface area contributed by atoms with E-state index in [0.717, 1.165) is 24.8 Å². The maximum atomic E-state index is 11.8. The highest BCUT2D eigenvalue weighted by molar-refractivity contribution is 7.13. The zero-order valence-electron chi connectivity index (χ0n) is 10.9. The number of carbonyl (C=O) groups excluding carboxylic acids is 1. The summed E-state index contributed by atoms with van der Waals surface area (Å²) in [5.41, 5.74) is 0.922. The van der Waals surface area contributed by atoms with Gasteiger partial charge in [-0.15, -0.1) is 11.3 Å². The summed E-state index contributed by atoms with van der Waals surface area (Å²) in [6.07, 6.45) is 3.56. The van der Waals surface area contributed by atoms with Crippen LogP contribution < -0.4 is 5.32 Å². The van der Waals surface area contributed by atoms with Crippen LogP contribution in [-0.4, -0.2) is 23.5 Å². The van der Waals surface area contributed by atoms with Crippen LogP contribution >= 0.6 is 22.9 Å². The van der Waals surface area contributed by atoms with Crippen LogP contribution in [0.25, 0.3) is 0 Å². The third kappa shape index (κ3) is 5.61. The first-order valence-electron chi connectivity index (χ1n) is 6.26. The van der Waals surface area contributed by atoms with E-state index in [1.54, 1.807) is 0 Å². The Morgan fingerprint density at radius 1 is 1.32 bits per heavy atom. The Morgan fingerprint density at radius 2 is 2.00 bits per heavy atom. The highest BCUT2D eigenvalue weighted by Crippen LogP contribution is 2.26. The average Bonchev–Trinajstić information content (AvgIpc) is 2.68. The predicted octanol–water partition coefficient (Wildman–Crippen LogP) is 3.47. The molecule has 4 nitrogen and oxygen atoms in total. The first kappa shape index (κ1) is 16.0. The minimum Gasteiger partial charge on any atom is -0.481 e. The van der Waals surface area contributed by atoms with Crippen LogP contribution in [0.5, 0.6) is 0 Å². The molecular formula is C13H18ClNO3S. The number of carboxylic acid groups (broad SMARTS) is 1. The Kier molecular flexibility index (Phi) is 6.87. The van der Waals surface area contributed by atoms with Crippen molar-refractivity contribution >= 4 is 34.8 Å². The van der Waals surface area contributed by atoms with E-state index in [9.17, 15) is 9.59 Å². The zero-order chi connectivity index (χ0) is 14.3. The number of amides is 1. The Labute approximate surface area is 121 Å². The minimum atomic E-state index is -0.754. The van der Waals surface area contributed by atoms with E-state index < -0.39 is 5.97 Å². The maximum absolute atomic E-state index is 11.8. The predicted molar refractivity (Wildman–Crippen MR) is 77.1 cm³/mol. The van der Waals surface area contributed by atoms with Crippen LogP contribution in [-0.2, 0) is 4.79 Å². The molecule has 19 heavy (non-hydrogen) atoms. The summed E-state index contributed by atoms with van der Waals surface area (Å²) in [6, 6.07) is 0. The fourth-order valence-corrected chi connectivity index (χ4v) is 2.81. The quantitative estimate of drug-likeness (QED) is 0.723. The van der Waals surface area contributed by atoms with E-state index in [4.69, 9.17) is 16.7 Å². The summed E-state index contributed by atoms with van der Waals surface area (Å²) < 4.78 is 0. The monoisotopic (exact) mass is 303 g/mol. The van der Waals surface area contributed by atoms with Crippen LogP contribution in [0, 0.1) is 6.92 Å². The Hall–Kier alpha value is -1.07. The van der Waals surface area contributed by atoms with E-state index in [1.807, 2.05) is 12.3 Å². The number of thiophene rings is 1. The lowest BCUT2D eigenvalue weighted by Crippen LogP contribution is -2.23. The first-order valence-corrected chi connectivity index (χ1v) is 7.51. The molecule has 0 aromatic carbocycles. The second-order valence-corrected chi connectivity index (χ2v) is 5.63. The molecule has 0 fully saturated rings. The normalized spacial score (nSPS) is 10.4. The van der Waals surface area contributed by atoms with Crippen molar-refractivity contribution in [1.82, 2.24) is 5.32 Å². The van der Waals surface area contributed by atoms with Crippen LogP contribution in [0.1, 0.15) is 47.3 Å². The van der Waals surface area contributed by atoms with Gasteiger partial charge in [0.15, 0.2) is 0 Å². The van der Waals surface area contributed by atoms with Crippen LogP contribution in [0.15, 0.2) is 5.38 Å². The molecule has 0 bridgehead atoms. The van der Waals surface area contributed by atoms with E-state index in [2.05, 4.69) is 5.32 Å². The molecule has 1 heterocycles. The molecule has 1 aromatic heterocycles. The van der Waals surface area contributed by atoms with Crippen molar-refractivity contribution in [2.24, 2.45) is 0 Å². The molecule has 6 heteroatoms. The molecule has 0 spiro atoms. The number of halogens is 1. The van der Waals surface area contributed by atoms with Gasteiger partial charge in [0.1, 0.15) is 4.88 Å². The molecule has 0 saturated heterocycles. The number of nitrogens with one attached hydrogen (secondary N) is 1. The molecule has 0 aliphatic carbocycles. The highest BCUT2D eigenvalue weighted by Gasteiger charge is 2.13. The summed E-state index contributed by atoms with van der Waals surface area (Å²) in [5, 5.41) is 13.7. The van der Waals surface area contributed by atoms with Crippen molar-refractivity contribution in [3.05, 3.63) is 20.8 Å².